The van der Waals surface area contributed by atoms with Crippen molar-refractivity contribution in [2.24, 2.45) is 5.92 Å². The average Bonchev–Trinajstić information content (AvgIpc) is 3.39. The van der Waals surface area contributed by atoms with Crippen molar-refractivity contribution in [2.75, 3.05) is 37.8 Å². The highest BCUT2D eigenvalue weighted by Gasteiger charge is 2.46. The van der Waals surface area contributed by atoms with Gasteiger partial charge < -0.3 is 30.0 Å². The number of aromatic amines is 1. The zero-order chi connectivity index (χ0) is 30.7. The molecule has 1 aromatic carbocycles. The summed E-state index contributed by atoms with van der Waals surface area (Å²) in [5, 5.41) is 6.38. The predicted molar refractivity (Wildman–Crippen MR) is 178 cm³/mol. The van der Waals surface area contributed by atoms with Crippen LogP contribution in [0.2, 0.25) is 0 Å². The van der Waals surface area contributed by atoms with Gasteiger partial charge in [-0.3, -0.25) is 9.59 Å². The van der Waals surface area contributed by atoms with E-state index in [4.69, 9.17) is 9.47 Å². The summed E-state index contributed by atoms with van der Waals surface area (Å²) in [6.07, 6.45) is 9.47. The van der Waals surface area contributed by atoms with Crippen LogP contribution in [0.25, 0.3) is 11.1 Å². The molecule has 44 heavy (non-hydrogen) atoms. The van der Waals surface area contributed by atoms with Crippen molar-refractivity contribution < 1.29 is 14.3 Å². The van der Waals surface area contributed by atoms with Gasteiger partial charge in [0.15, 0.2) is 11.5 Å². The molecule has 0 saturated carbocycles. The number of hydrogen-bond acceptors (Lipinski definition) is 9. The van der Waals surface area contributed by atoms with Gasteiger partial charge in [0, 0.05) is 83.8 Å². The molecule has 1 atom stereocenters. The lowest BCUT2D eigenvalue weighted by molar-refractivity contribution is -0.117. The lowest BCUT2D eigenvalue weighted by Gasteiger charge is -2.35. The van der Waals surface area contributed by atoms with Crippen molar-refractivity contribution in [3.05, 3.63) is 57.3 Å². The maximum atomic E-state index is 13.7. The molecule has 1 saturated heterocycles. The molecule has 238 valence electrons. The van der Waals surface area contributed by atoms with Crippen LogP contribution in [0.15, 0.2) is 34.2 Å². The van der Waals surface area contributed by atoms with Crippen LogP contribution < -0.4 is 30.6 Å². The van der Waals surface area contributed by atoms with Crippen molar-refractivity contribution in [3.8, 4) is 22.6 Å². The van der Waals surface area contributed by atoms with Crippen LogP contribution in [-0.4, -0.2) is 59.6 Å². The summed E-state index contributed by atoms with van der Waals surface area (Å²) >= 11 is 1.48. The number of carbonyl (C=O) groups is 1. The number of benzene rings is 1. The molecule has 10 nitrogen and oxygen atoms in total. The van der Waals surface area contributed by atoms with Crippen molar-refractivity contribution in [1.82, 2.24) is 25.6 Å². The van der Waals surface area contributed by atoms with Crippen LogP contribution in [0.4, 0.5) is 5.95 Å². The first-order valence-corrected chi connectivity index (χ1v) is 16.2. The number of aromatic nitrogens is 3. The molecule has 1 amide bonds. The van der Waals surface area contributed by atoms with Crippen LogP contribution in [-0.2, 0) is 6.54 Å². The van der Waals surface area contributed by atoms with Crippen LogP contribution in [0.5, 0.6) is 11.5 Å². The first-order chi connectivity index (χ1) is 20.6. The minimum absolute atomic E-state index is 0. The Balaban J connectivity index is 0.00000442. The van der Waals surface area contributed by atoms with Gasteiger partial charge in [-0.25, -0.2) is 9.97 Å². The SMILES string of the molecule is CCCCN(C)c1ncc(-c2cc(C(=O)NCc3c(SC)cc(C)[nH]c3=O)c(C)c3c2OC(C)(C2CCNCC2)O3)cn1.Cl. The lowest BCUT2D eigenvalue weighted by Crippen LogP contribution is -2.47. The summed E-state index contributed by atoms with van der Waals surface area (Å²) in [4.78, 5) is 41.4. The number of ether oxygens (including phenoxy) is 2. The van der Waals surface area contributed by atoms with Gasteiger partial charge in [-0.2, -0.15) is 0 Å². The second kappa shape index (κ2) is 14.2. The monoisotopic (exact) mass is 642 g/mol. The number of thioether (sulfide) groups is 1. The third-order valence-corrected chi connectivity index (χ3v) is 9.24. The molecule has 4 heterocycles. The van der Waals surface area contributed by atoms with E-state index in [2.05, 4.69) is 32.5 Å². The summed E-state index contributed by atoms with van der Waals surface area (Å²) in [5.41, 5.74) is 3.67. The van der Waals surface area contributed by atoms with Gasteiger partial charge in [-0.1, -0.05) is 13.3 Å². The second-order valence-electron chi connectivity index (χ2n) is 11.6. The van der Waals surface area contributed by atoms with E-state index in [0.717, 1.165) is 61.5 Å². The standard InChI is InChI=1S/C32H42N6O4S.ClH/c1-7-8-13-38(5)31-35-16-21(17-36-31)24-15-23(29(39)34-18-25-26(43-6)14-19(2)37-30(25)40)20(3)27-28(24)42-32(4,41-27)22-9-11-33-12-10-22;/h14-17,22,33H,7-13,18H2,1-6H3,(H,34,39)(H,37,40);1H. The zero-order valence-electron chi connectivity index (χ0n) is 26.3. The maximum Gasteiger partial charge on any atom is 0.254 e. The van der Waals surface area contributed by atoms with Crippen molar-refractivity contribution >= 4 is 36.0 Å². The quantitative estimate of drug-likeness (QED) is 0.255. The van der Waals surface area contributed by atoms with Crippen LogP contribution in [0, 0.1) is 19.8 Å². The van der Waals surface area contributed by atoms with Gasteiger partial charge in [-0.15, -0.1) is 24.2 Å². The number of carbonyl (C=O) groups excluding carboxylic acids is 1. The Kier molecular flexibility index (Phi) is 10.9. The Labute approximate surface area is 269 Å². The van der Waals surface area contributed by atoms with Crippen molar-refractivity contribution in [1.29, 1.82) is 0 Å². The maximum absolute atomic E-state index is 13.7. The number of nitrogens with zero attached hydrogens (tertiary/aromatic N) is 3. The zero-order valence-corrected chi connectivity index (χ0v) is 28.0. The number of hydrogen-bond donors (Lipinski definition) is 3. The van der Waals surface area contributed by atoms with Gasteiger partial charge in [0.25, 0.3) is 17.3 Å². The number of unbranched alkanes of at least 4 members (excludes halogenated alkanes) is 1. The summed E-state index contributed by atoms with van der Waals surface area (Å²) < 4.78 is 13.3. The molecule has 2 aromatic heterocycles. The van der Waals surface area contributed by atoms with E-state index >= 15 is 0 Å². The third kappa shape index (κ3) is 6.84. The molecular weight excluding hydrogens is 600 g/mol. The van der Waals surface area contributed by atoms with Gasteiger partial charge in [0.05, 0.1) is 0 Å². The molecule has 5 rings (SSSR count). The molecule has 3 aromatic rings. The fourth-order valence-corrected chi connectivity index (χ4v) is 6.50. The Morgan fingerprint density at radius 2 is 1.84 bits per heavy atom. The van der Waals surface area contributed by atoms with Gasteiger partial charge in [-0.05, 0) is 64.6 Å². The number of piperidine rings is 1. The minimum atomic E-state index is -0.858. The summed E-state index contributed by atoms with van der Waals surface area (Å²) in [5.74, 6) is 0.835. The normalized spacial score (nSPS) is 17.7. The van der Waals surface area contributed by atoms with E-state index in [1.165, 1.54) is 11.8 Å². The number of fused-ring (bicyclic) bond motifs is 1. The Hall–Kier alpha value is -3.28. The average molecular weight is 643 g/mol. The van der Waals surface area contributed by atoms with Crippen molar-refractivity contribution in [3.63, 3.8) is 0 Å². The highest BCUT2D eigenvalue weighted by molar-refractivity contribution is 7.98. The first-order valence-electron chi connectivity index (χ1n) is 15.0. The number of halogens is 1. The Bertz CT molecular complexity index is 1540. The molecule has 2 aliphatic heterocycles. The Morgan fingerprint density at radius 3 is 2.50 bits per heavy atom. The summed E-state index contributed by atoms with van der Waals surface area (Å²) in [6.45, 7) is 10.6. The van der Waals surface area contributed by atoms with Gasteiger partial charge in [0.1, 0.15) is 0 Å². The second-order valence-corrected chi connectivity index (χ2v) is 12.4. The number of anilines is 1. The minimum Gasteiger partial charge on any atom is -0.448 e. The van der Waals surface area contributed by atoms with Crippen LogP contribution in [0.3, 0.4) is 0 Å². The van der Waals surface area contributed by atoms with Gasteiger partial charge in [0.2, 0.25) is 5.95 Å². The summed E-state index contributed by atoms with van der Waals surface area (Å²) in [7, 11) is 1.99. The van der Waals surface area contributed by atoms with E-state index in [9.17, 15) is 9.59 Å². The molecule has 0 aliphatic carbocycles. The highest BCUT2D eigenvalue weighted by atomic mass is 35.5. The van der Waals surface area contributed by atoms with E-state index in [1.54, 1.807) is 12.4 Å². The fraction of sp³-hybridized carbons (Fsp3) is 0.500. The first kappa shape index (κ1) is 33.6. The topological polar surface area (TPSA) is 121 Å². The lowest BCUT2D eigenvalue weighted by atomic mass is 9.90. The molecule has 0 bridgehead atoms. The number of H-pyrrole nitrogens is 1. The third-order valence-electron chi connectivity index (χ3n) is 8.43. The number of rotatable bonds is 10. The van der Waals surface area contributed by atoms with E-state index < -0.39 is 5.79 Å². The van der Waals surface area contributed by atoms with E-state index in [1.807, 2.05) is 51.1 Å². The van der Waals surface area contributed by atoms with Crippen LogP contribution >= 0.6 is 24.2 Å². The molecule has 1 unspecified atom stereocenters. The number of aryl methyl sites for hydroxylation is 1. The number of pyridine rings is 1. The molecule has 12 heteroatoms. The smallest absolute Gasteiger partial charge is 0.254 e. The molecule has 0 spiro atoms. The van der Waals surface area contributed by atoms with Crippen LogP contribution in [0.1, 0.15) is 66.7 Å². The predicted octanol–water partition coefficient (Wildman–Crippen LogP) is 5.25. The fourth-order valence-electron chi connectivity index (χ4n) is 5.80. The van der Waals surface area contributed by atoms with E-state index in [-0.39, 0.29) is 36.3 Å². The number of amides is 1. The molecule has 0 radical (unpaired) electrons. The molecule has 1 fully saturated rings. The molecule has 2 aliphatic rings. The summed E-state index contributed by atoms with van der Waals surface area (Å²) in [6, 6.07) is 3.75. The van der Waals surface area contributed by atoms with Gasteiger partial charge >= 0.3 is 0 Å². The number of nitrogens with one attached hydrogen (secondary N) is 3. The Morgan fingerprint density at radius 1 is 1.16 bits per heavy atom. The molecule has 3 N–H and O–H groups in total. The van der Waals surface area contributed by atoms with Crippen molar-refractivity contribution in [2.45, 2.75) is 70.6 Å². The largest absolute Gasteiger partial charge is 0.448 e. The highest BCUT2D eigenvalue weighted by Crippen LogP contribution is 2.52. The molecular formula is C32H43ClN6O4S. The van der Waals surface area contributed by atoms with E-state index in [0.29, 0.717) is 39.7 Å².